The van der Waals surface area contributed by atoms with E-state index in [2.05, 4.69) is 26.0 Å². The van der Waals surface area contributed by atoms with Gasteiger partial charge in [-0.1, -0.05) is 81.6 Å². The van der Waals surface area contributed by atoms with E-state index in [1.54, 1.807) is 19.1 Å². The largest absolute Gasteiger partial charge is 0.383 e. The molecule has 0 aliphatic heterocycles. The molecule has 1 nitrogen and oxygen atoms in total. The second-order valence-electron chi connectivity index (χ2n) is 11.2. The van der Waals surface area contributed by atoms with Crippen LogP contribution in [0.4, 0.5) is 8.78 Å². The van der Waals surface area contributed by atoms with Gasteiger partial charge in [0.1, 0.15) is 0 Å². The van der Waals surface area contributed by atoms with E-state index in [0.29, 0.717) is 11.8 Å². The minimum Gasteiger partial charge on any atom is -0.309 e. The molecular weight excluding hydrogens is 438 g/mol. The molecule has 2 aliphatic carbocycles. The molecule has 3 heteroatoms. The first-order valence-corrected chi connectivity index (χ1v) is 14.2. The van der Waals surface area contributed by atoms with Gasteiger partial charge >= 0.3 is 6.11 Å². The fraction of sp³-hybridized carbons (Fsp3) is 0.625. The Morgan fingerprint density at radius 3 is 1.71 bits per heavy atom. The predicted molar refractivity (Wildman–Crippen MR) is 141 cm³/mol. The standard InChI is InChI=1S/C32H44F2O/c1-4-6-25-9-13-28(14-10-25)30-19-21-31(22-20-30)32(33,34)35-23(3)26-15-17-29(18-16-26)27-11-7-24(5-2)8-12-27/h15-25,27-28H,4-14H2,1-3H3. The van der Waals surface area contributed by atoms with Gasteiger partial charge in [-0.25, -0.2) is 0 Å². The van der Waals surface area contributed by atoms with E-state index in [4.69, 9.17) is 4.74 Å². The molecule has 2 saturated carbocycles. The maximum atomic E-state index is 15.0. The second-order valence-corrected chi connectivity index (χ2v) is 11.2. The summed E-state index contributed by atoms with van der Waals surface area (Å²) in [5.41, 5.74) is 3.27. The van der Waals surface area contributed by atoms with Gasteiger partial charge in [-0.15, -0.1) is 0 Å². The van der Waals surface area contributed by atoms with Crippen LogP contribution in [-0.4, -0.2) is 0 Å². The Balaban J connectivity index is 1.33. The molecule has 0 aromatic heterocycles. The van der Waals surface area contributed by atoms with Gasteiger partial charge in [0.25, 0.3) is 0 Å². The van der Waals surface area contributed by atoms with E-state index in [1.165, 1.54) is 81.8 Å². The van der Waals surface area contributed by atoms with Crippen molar-refractivity contribution >= 4 is 0 Å². The van der Waals surface area contributed by atoms with Crippen molar-refractivity contribution in [3.63, 3.8) is 0 Å². The zero-order valence-corrected chi connectivity index (χ0v) is 21.9. The van der Waals surface area contributed by atoms with E-state index >= 15 is 8.78 Å². The predicted octanol–water partition coefficient (Wildman–Crippen LogP) is 10.3. The third kappa shape index (κ3) is 6.73. The molecule has 0 bridgehead atoms. The minimum absolute atomic E-state index is 0.0583. The summed E-state index contributed by atoms with van der Waals surface area (Å²) in [7, 11) is 0. The van der Waals surface area contributed by atoms with E-state index in [9.17, 15) is 0 Å². The highest BCUT2D eigenvalue weighted by Crippen LogP contribution is 2.41. The lowest BCUT2D eigenvalue weighted by molar-refractivity contribution is -0.272. The van der Waals surface area contributed by atoms with Gasteiger partial charge in [0.05, 0.1) is 11.7 Å². The molecule has 0 heterocycles. The Labute approximate surface area is 211 Å². The van der Waals surface area contributed by atoms with E-state index < -0.39 is 12.2 Å². The molecule has 2 fully saturated rings. The fourth-order valence-electron chi connectivity index (χ4n) is 6.44. The lowest BCUT2D eigenvalue weighted by atomic mass is 9.77. The number of rotatable bonds is 9. The van der Waals surface area contributed by atoms with Crippen LogP contribution >= 0.6 is 0 Å². The molecule has 0 amide bonds. The summed E-state index contributed by atoms with van der Waals surface area (Å²) >= 11 is 0. The van der Waals surface area contributed by atoms with Crippen LogP contribution in [-0.2, 0) is 10.8 Å². The quantitative estimate of drug-likeness (QED) is 0.345. The summed E-state index contributed by atoms with van der Waals surface area (Å²) in [5, 5.41) is 0. The summed E-state index contributed by atoms with van der Waals surface area (Å²) in [6.07, 6.45) is 9.78. The first kappa shape index (κ1) is 26.3. The average molecular weight is 483 g/mol. The summed E-state index contributed by atoms with van der Waals surface area (Å²) in [6, 6.07) is 15.1. The molecule has 0 radical (unpaired) electrons. The van der Waals surface area contributed by atoms with Crippen LogP contribution in [0.2, 0.25) is 0 Å². The van der Waals surface area contributed by atoms with Crippen LogP contribution in [0.15, 0.2) is 48.5 Å². The first-order valence-electron chi connectivity index (χ1n) is 14.2. The maximum Gasteiger partial charge on any atom is 0.383 e. The Bertz CT molecular complexity index is 888. The molecule has 0 spiro atoms. The van der Waals surface area contributed by atoms with Crippen molar-refractivity contribution < 1.29 is 13.5 Å². The van der Waals surface area contributed by atoms with Crippen LogP contribution in [0.5, 0.6) is 0 Å². The molecule has 2 aromatic carbocycles. The highest BCUT2D eigenvalue weighted by atomic mass is 19.3. The van der Waals surface area contributed by atoms with E-state index in [0.717, 1.165) is 17.4 Å². The van der Waals surface area contributed by atoms with Gasteiger partial charge in [0, 0.05) is 0 Å². The third-order valence-corrected chi connectivity index (χ3v) is 8.89. The fourth-order valence-corrected chi connectivity index (χ4v) is 6.44. The molecule has 1 atom stereocenters. The van der Waals surface area contributed by atoms with Crippen molar-refractivity contribution in [1.82, 2.24) is 0 Å². The van der Waals surface area contributed by atoms with Gasteiger partial charge < -0.3 is 4.74 Å². The van der Waals surface area contributed by atoms with E-state index in [1.807, 2.05) is 24.3 Å². The van der Waals surface area contributed by atoms with Gasteiger partial charge in [0.15, 0.2) is 0 Å². The Hall–Kier alpha value is -1.74. The van der Waals surface area contributed by atoms with Gasteiger partial charge in [-0.2, -0.15) is 8.78 Å². The first-order chi connectivity index (χ1) is 16.9. The lowest BCUT2D eigenvalue weighted by Gasteiger charge is -2.29. The molecule has 35 heavy (non-hydrogen) atoms. The Morgan fingerprint density at radius 2 is 1.23 bits per heavy atom. The Kier molecular flexibility index (Phi) is 9.02. The number of benzene rings is 2. The molecule has 0 N–H and O–H groups in total. The molecule has 2 aromatic rings. The lowest BCUT2D eigenvalue weighted by Crippen LogP contribution is -2.20. The second kappa shape index (κ2) is 12.0. The monoisotopic (exact) mass is 482 g/mol. The van der Waals surface area contributed by atoms with Crippen molar-refractivity contribution in [2.45, 2.75) is 115 Å². The van der Waals surface area contributed by atoms with Crippen LogP contribution < -0.4 is 0 Å². The zero-order chi connectivity index (χ0) is 24.8. The topological polar surface area (TPSA) is 9.23 Å². The molecule has 1 unspecified atom stereocenters. The van der Waals surface area contributed by atoms with Gasteiger partial charge in [-0.05, 0) is 98.7 Å². The molecular formula is C32H44F2O. The highest BCUT2D eigenvalue weighted by Gasteiger charge is 2.35. The molecule has 2 aliphatic rings. The van der Waals surface area contributed by atoms with Crippen molar-refractivity contribution in [3.8, 4) is 0 Å². The smallest absolute Gasteiger partial charge is 0.309 e. The van der Waals surface area contributed by atoms with Crippen molar-refractivity contribution in [3.05, 3.63) is 70.8 Å². The van der Waals surface area contributed by atoms with E-state index in [-0.39, 0.29) is 5.56 Å². The SMILES string of the molecule is CCCC1CCC(c2ccc(C(F)(F)OC(C)c3ccc(C4CCC(CC)CC4)cc3)cc2)CC1. The zero-order valence-electron chi connectivity index (χ0n) is 21.9. The van der Waals surface area contributed by atoms with Crippen molar-refractivity contribution in [2.75, 3.05) is 0 Å². The highest BCUT2D eigenvalue weighted by molar-refractivity contribution is 5.29. The normalized spacial score (nSPS) is 26.4. The molecule has 192 valence electrons. The maximum absolute atomic E-state index is 15.0. The number of halogens is 2. The number of hydrogen-bond acceptors (Lipinski definition) is 1. The molecule has 0 saturated heterocycles. The summed E-state index contributed by atoms with van der Waals surface area (Å²) in [5.74, 6) is 2.82. The third-order valence-electron chi connectivity index (χ3n) is 8.89. The van der Waals surface area contributed by atoms with Crippen LogP contribution in [0.25, 0.3) is 0 Å². The van der Waals surface area contributed by atoms with Crippen molar-refractivity contribution in [1.29, 1.82) is 0 Å². The van der Waals surface area contributed by atoms with Gasteiger partial charge in [-0.3, -0.25) is 0 Å². The summed E-state index contributed by atoms with van der Waals surface area (Å²) in [4.78, 5) is 0. The summed E-state index contributed by atoms with van der Waals surface area (Å²) in [6.45, 7) is 6.25. The van der Waals surface area contributed by atoms with Crippen LogP contribution in [0, 0.1) is 11.8 Å². The average Bonchev–Trinajstić information content (AvgIpc) is 2.89. The minimum atomic E-state index is -3.31. The van der Waals surface area contributed by atoms with Crippen LogP contribution in [0.3, 0.4) is 0 Å². The van der Waals surface area contributed by atoms with Crippen molar-refractivity contribution in [2.24, 2.45) is 11.8 Å². The summed E-state index contributed by atoms with van der Waals surface area (Å²) < 4.78 is 35.4. The number of ether oxygens (including phenoxy) is 1. The number of alkyl halides is 2. The van der Waals surface area contributed by atoms with Gasteiger partial charge in [0.2, 0.25) is 0 Å². The van der Waals surface area contributed by atoms with Crippen LogP contribution in [0.1, 0.15) is 132 Å². The number of hydrogen-bond donors (Lipinski definition) is 0. The Morgan fingerprint density at radius 1 is 0.743 bits per heavy atom. The molecule has 4 rings (SSSR count).